The van der Waals surface area contributed by atoms with Crippen LogP contribution in [0.4, 0.5) is 4.79 Å². The van der Waals surface area contributed by atoms with Crippen molar-refractivity contribution in [2.45, 2.75) is 77.0 Å². The van der Waals surface area contributed by atoms with Crippen molar-refractivity contribution in [3.8, 4) is 0 Å². The molecule has 1 aliphatic heterocycles. The molecule has 19 heavy (non-hydrogen) atoms. The monoisotopic (exact) mass is 268 g/mol. The first-order chi connectivity index (χ1) is 8.96. The van der Waals surface area contributed by atoms with E-state index in [4.69, 9.17) is 4.74 Å². The summed E-state index contributed by atoms with van der Waals surface area (Å²) in [7, 11) is 0. The molecule has 2 rings (SSSR count). The Hall–Kier alpha value is -0.770. The predicted molar refractivity (Wildman–Crippen MR) is 76.2 cm³/mol. The quantitative estimate of drug-likeness (QED) is 0.855. The third-order valence-corrected chi connectivity index (χ3v) is 4.10. The number of carbonyl (C=O) groups is 1. The second-order valence-corrected chi connectivity index (χ2v) is 6.85. The Bertz CT molecular complexity index is 306. The minimum atomic E-state index is -0.412. The molecule has 0 aromatic rings. The number of hydrogen-bond donors (Lipinski definition) is 1. The SMILES string of the molecule is CC(C)(C)OC(=O)NC[C@@H]1CCCN1C1CCCC1. The highest BCUT2D eigenvalue weighted by Gasteiger charge is 2.32. The summed E-state index contributed by atoms with van der Waals surface area (Å²) in [6.07, 6.45) is 7.58. The molecule has 4 nitrogen and oxygen atoms in total. The summed E-state index contributed by atoms with van der Waals surface area (Å²) < 4.78 is 5.29. The zero-order valence-corrected chi connectivity index (χ0v) is 12.6. The van der Waals surface area contributed by atoms with Crippen molar-refractivity contribution in [2.75, 3.05) is 13.1 Å². The summed E-state index contributed by atoms with van der Waals surface area (Å²) in [5.74, 6) is 0. The van der Waals surface area contributed by atoms with E-state index < -0.39 is 5.60 Å². The average Bonchev–Trinajstić information content (AvgIpc) is 2.94. The van der Waals surface area contributed by atoms with Gasteiger partial charge in [-0.25, -0.2) is 4.79 Å². The van der Waals surface area contributed by atoms with Crippen LogP contribution in [0.5, 0.6) is 0 Å². The molecule has 0 aromatic carbocycles. The largest absolute Gasteiger partial charge is 0.444 e. The summed E-state index contributed by atoms with van der Waals surface area (Å²) in [6, 6.07) is 1.27. The zero-order chi connectivity index (χ0) is 13.9. The molecule has 1 saturated carbocycles. The van der Waals surface area contributed by atoms with Crippen molar-refractivity contribution in [1.82, 2.24) is 10.2 Å². The van der Waals surface area contributed by atoms with Crippen molar-refractivity contribution in [2.24, 2.45) is 0 Å². The smallest absolute Gasteiger partial charge is 0.407 e. The maximum Gasteiger partial charge on any atom is 0.407 e. The Morgan fingerprint density at radius 3 is 2.53 bits per heavy atom. The topological polar surface area (TPSA) is 41.6 Å². The lowest BCUT2D eigenvalue weighted by Gasteiger charge is -2.30. The van der Waals surface area contributed by atoms with Gasteiger partial charge in [0.1, 0.15) is 5.60 Å². The molecule has 1 saturated heterocycles. The first-order valence-corrected chi connectivity index (χ1v) is 7.68. The minimum absolute atomic E-state index is 0.286. The predicted octanol–water partition coefficient (Wildman–Crippen LogP) is 2.92. The first kappa shape index (κ1) is 14.6. The van der Waals surface area contributed by atoms with Crippen LogP contribution in [0.15, 0.2) is 0 Å². The van der Waals surface area contributed by atoms with E-state index in [0.29, 0.717) is 6.04 Å². The highest BCUT2D eigenvalue weighted by atomic mass is 16.6. The highest BCUT2D eigenvalue weighted by molar-refractivity contribution is 5.67. The summed E-state index contributed by atoms with van der Waals surface area (Å²) in [5, 5.41) is 2.93. The molecule has 0 spiro atoms. The molecular weight excluding hydrogens is 240 g/mol. The van der Waals surface area contributed by atoms with Crippen LogP contribution >= 0.6 is 0 Å². The standard InChI is InChI=1S/C15H28N2O2/c1-15(2,3)19-14(18)16-11-13-9-6-10-17(13)12-7-4-5-8-12/h12-13H,4-11H2,1-3H3,(H,16,18)/t13-/m0/s1. The first-order valence-electron chi connectivity index (χ1n) is 7.68. The van der Waals surface area contributed by atoms with Crippen molar-refractivity contribution in [3.05, 3.63) is 0 Å². The summed E-state index contributed by atoms with van der Waals surface area (Å²) in [4.78, 5) is 14.3. The number of rotatable bonds is 3. The van der Waals surface area contributed by atoms with Crippen LogP contribution in [0.3, 0.4) is 0 Å². The molecule has 1 N–H and O–H groups in total. The van der Waals surface area contributed by atoms with Gasteiger partial charge in [-0.05, 0) is 53.0 Å². The van der Waals surface area contributed by atoms with Gasteiger partial charge in [-0.1, -0.05) is 12.8 Å². The second kappa shape index (κ2) is 6.12. The number of alkyl carbamates (subject to hydrolysis) is 1. The van der Waals surface area contributed by atoms with Gasteiger partial charge in [0.25, 0.3) is 0 Å². The summed E-state index contributed by atoms with van der Waals surface area (Å²) >= 11 is 0. The van der Waals surface area contributed by atoms with Crippen molar-refractivity contribution >= 4 is 6.09 Å². The van der Waals surface area contributed by atoms with E-state index in [1.807, 2.05) is 20.8 Å². The Morgan fingerprint density at radius 2 is 1.89 bits per heavy atom. The summed E-state index contributed by atoms with van der Waals surface area (Å²) in [5.41, 5.74) is -0.412. The fraction of sp³-hybridized carbons (Fsp3) is 0.933. The zero-order valence-electron chi connectivity index (χ0n) is 12.6. The lowest BCUT2D eigenvalue weighted by Crippen LogP contribution is -2.45. The molecule has 0 aromatic heterocycles. The van der Waals surface area contributed by atoms with Crippen LogP contribution in [-0.4, -0.2) is 41.8 Å². The maximum absolute atomic E-state index is 11.7. The van der Waals surface area contributed by atoms with Crippen molar-refractivity contribution < 1.29 is 9.53 Å². The van der Waals surface area contributed by atoms with Gasteiger partial charge in [0.2, 0.25) is 0 Å². The molecule has 1 heterocycles. The van der Waals surface area contributed by atoms with E-state index in [-0.39, 0.29) is 6.09 Å². The van der Waals surface area contributed by atoms with Crippen LogP contribution in [0, 0.1) is 0 Å². The number of ether oxygens (including phenoxy) is 1. The Morgan fingerprint density at radius 1 is 1.21 bits per heavy atom. The maximum atomic E-state index is 11.7. The van der Waals surface area contributed by atoms with Crippen LogP contribution in [0.2, 0.25) is 0 Å². The molecule has 2 fully saturated rings. The van der Waals surface area contributed by atoms with E-state index in [0.717, 1.165) is 12.6 Å². The Kier molecular flexibility index (Phi) is 4.71. The Balaban J connectivity index is 1.76. The molecule has 0 bridgehead atoms. The Labute approximate surface area is 116 Å². The molecule has 1 atom stereocenters. The van der Waals surface area contributed by atoms with E-state index in [9.17, 15) is 4.79 Å². The van der Waals surface area contributed by atoms with Crippen LogP contribution in [-0.2, 0) is 4.74 Å². The molecule has 1 aliphatic carbocycles. The third kappa shape index (κ3) is 4.37. The van der Waals surface area contributed by atoms with E-state index in [2.05, 4.69) is 10.2 Å². The second-order valence-electron chi connectivity index (χ2n) is 6.85. The number of nitrogens with one attached hydrogen (secondary N) is 1. The molecule has 0 radical (unpaired) electrons. The van der Waals surface area contributed by atoms with Gasteiger partial charge < -0.3 is 10.1 Å². The number of hydrogen-bond acceptors (Lipinski definition) is 3. The van der Waals surface area contributed by atoms with E-state index in [1.54, 1.807) is 0 Å². The van der Waals surface area contributed by atoms with Gasteiger partial charge in [-0.2, -0.15) is 0 Å². The molecule has 4 heteroatoms. The van der Waals surface area contributed by atoms with Crippen molar-refractivity contribution in [1.29, 1.82) is 0 Å². The van der Waals surface area contributed by atoms with Gasteiger partial charge in [0.05, 0.1) is 0 Å². The van der Waals surface area contributed by atoms with Gasteiger partial charge in [0.15, 0.2) is 0 Å². The average molecular weight is 268 g/mol. The summed E-state index contributed by atoms with van der Waals surface area (Å²) in [6.45, 7) is 7.61. The van der Waals surface area contributed by atoms with Crippen LogP contribution in [0.1, 0.15) is 59.3 Å². The van der Waals surface area contributed by atoms with Gasteiger partial charge in [0, 0.05) is 18.6 Å². The lowest BCUT2D eigenvalue weighted by atomic mass is 10.1. The lowest BCUT2D eigenvalue weighted by molar-refractivity contribution is 0.0507. The molecule has 1 amide bonds. The number of likely N-dealkylation sites (tertiary alicyclic amines) is 1. The van der Waals surface area contributed by atoms with E-state index >= 15 is 0 Å². The highest BCUT2D eigenvalue weighted by Crippen LogP contribution is 2.29. The molecular formula is C15H28N2O2. The third-order valence-electron chi connectivity index (χ3n) is 4.10. The molecule has 110 valence electrons. The fourth-order valence-electron chi connectivity index (χ4n) is 3.31. The number of nitrogens with zero attached hydrogens (tertiary/aromatic N) is 1. The number of carbonyl (C=O) groups excluding carboxylic acids is 1. The minimum Gasteiger partial charge on any atom is -0.444 e. The fourth-order valence-corrected chi connectivity index (χ4v) is 3.31. The normalized spacial score (nSPS) is 25.7. The molecule has 2 aliphatic rings. The van der Waals surface area contributed by atoms with Crippen LogP contribution in [0.25, 0.3) is 0 Å². The van der Waals surface area contributed by atoms with Gasteiger partial charge >= 0.3 is 6.09 Å². The number of amides is 1. The van der Waals surface area contributed by atoms with Gasteiger partial charge in [-0.3, -0.25) is 4.90 Å². The van der Waals surface area contributed by atoms with Gasteiger partial charge in [-0.15, -0.1) is 0 Å². The van der Waals surface area contributed by atoms with E-state index in [1.165, 1.54) is 45.1 Å². The molecule has 0 unspecified atom stereocenters. The van der Waals surface area contributed by atoms with Crippen molar-refractivity contribution in [3.63, 3.8) is 0 Å². The van der Waals surface area contributed by atoms with Crippen LogP contribution < -0.4 is 5.32 Å².